The summed E-state index contributed by atoms with van der Waals surface area (Å²) in [5.41, 5.74) is 1.75. The van der Waals surface area contributed by atoms with Gasteiger partial charge in [0.2, 0.25) is 0 Å². The summed E-state index contributed by atoms with van der Waals surface area (Å²) < 4.78 is 0. The van der Waals surface area contributed by atoms with Crippen LogP contribution >= 0.6 is 0 Å². The van der Waals surface area contributed by atoms with Crippen molar-refractivity contribution in [3.8, 4) is 11.4 Å². The average Bonchev–Trinajstić information content (AvgIpc) is 3.02. The quantitative estimate of drug-likeness (QED) is 0.755. The summed E-state index contributed by atoms with van der Waals surface area (Å²) in [5.74, 6) is 1.83. The van der Waals surface area contributed by atoms with Crippen molar-refractivity contribution in [2.75, 3.05) is 0 Å². The van der Waals surface area contributed by atoms with Crippen LogP contribution in [0, 0.1) is 24.2 Å². The zero-order chi connectivity index (χ0) is 19.5. The van der Waals surface area contributed by atoms with Crippen LogP contribution in [-0.4, -0.2) is 32.6 Å². The molecule has 4 saturated carbocycles. The number of nitrogens with zero attached hydrogens (tertiary/aromatic N) is 1. The summed E-state index contributed by atoms with van der Waals surface area (Å²) in [4.78, 5) is 20.9. The third-order valence-electron chi connectivity index (χ3n) is 7.49. The number of H-pyrrole nitrogens is 1. The predicted molar refractivity (Wildman–Crippen MR) is 108 cm³/mol. The minimum Gasteiger partial charge on any atom is -0.390 e. The normalized spacial score (nSPS) is 34.4. The van der Waals surface area contributed by atoms with Crippen LogP contribution < -0.4 is 5.32 Å². The molecule has 1 aromatic carbocycles. The fourth-order valence-corrected chi connectivity index (χ4v) is 6.62. The van der Waals surface area contributed by atoms with Crippen LogP contribution in [0.15, 0.2) is 30.3 Å². The SMILES string of the molecule is Cc1[nH]c(-c2ccccc2)nc1C(=O)N[C@@H](C)C12C[C@H]3C[C@@H](CC(O)(C3)C1)C2. The second-order valence-electron chi connectivity index (χ2n) is 9.67. The van der Waals surface area contributed by atoms with E-state index in [4.69, 9.17) is 0 Å². The summed E-state index contributed by atoms with van der Waals surface area (Å²) >= 11 is 0. The van der Waals surface area contributed by atoms with E-state index in [9.17, 15) is 9.90 Å². The van der Waals surface area contributed by atoms with Gasteiger partial charge in [-0.1, -0.05) is 30.3 Å². The van der Waals surface area contributed by atoms with Crippen LogP contribution in [-0.2, 0) is 0 Å². The Labute approximate surface area is 166 Å². The number of carbonyl (C=O) groups excluding carboxylic acids is 1. The highest BCUT2D eigenvalue weighted by Gasteiger charge is 2.59. The molecule has 148 valence electrons. The molecule has 3 atom stereocenters. The van der Waals surface area contributed by atoms with Crippen LogP contribution in [0.5, 0.6) is 0 Å². The van der Waals surface area contributed by atoms with Gasteiger partial charge in [-0.2, -0.15) is 0 Å². The number of rotatable bonds is 4. The molecule has 5 heteroatoms. The molecule has 1 heterocycles. The van der Waals surface area contributed by atoms with E-state index in [-0.39, 0.29) is 17.4 Å². The highest BCUT2D eigenvalue weighted by molar-refractivity contribution is 5.94. The molecule has 4 fully saturated rings. The van der Waals surface area contributed by atoms with E-state index in [1.54, 1.807) is 0 Å². The van der Waals surface area contributed by atoms with Gasteiger partial charge in [-0.05, 0) is 69.6 Å². The maximum atomic E-state index is 13.0. The highest BCUT2D eigenvalue weighted by Crippen LogP contribution is 2.62. The molecule has 0 aliphatic heterocycles. The Kier molecular flexibility index (Phi) is 3.96. The van der Waals surface area contributed by atoms with Crippen molar-refractivity contribution >= 4 is 5.91 Å². The molecule has 4 aliphatic carbocycles. The van der Waals surface area contributed by atoms with Crippen LogP contribution in [0.2, 0.25) is 0 Å². The van der Waals surface area contributed by atoms with Gasteiger partial charge in [0.15, 0.2) is 0 Å². The first-order valence-electron chi connectivity index (χ1n) is 10.5. The number of carbonyl (C=O) groups is 1. The molecule has 0 spiro atoms. The lowest BCUT2D eigenvalue weighted by atomic mass is 9.46. The second kappa shape index (κ2) is 6.18. The molecule has 0 saturated heterocycles. The number of nitrogens with one attached hydrogen (secondary N) is 2. The monoisotopic (exact) mass is 379 g/mol. The summed E-state index contributed by atoms with van der Waals surface area (Å²) in [6, 6.07) is 9.90. The molecule has 0 radical (unpaired) electrons. The second-order valence-corrected chi connectivity index (χ2v) is 9.67. The van der Waals surface area contributed by atoms with Crippen molar-refractivity contribution in [3.05, 3.63) is 41.7 Å². The van der Waals surface area contributed by atoms with Gasteiger partial charge in [0.25, 0.3) is 5.91 Å². The predicted octanol–water partition coefficient (Wildman–Crippen LogP) is 3.83. The fraction of sp³-hybridized carbons (Fsp3) is 0.565. The molecule has 4 bridgehead atoms. The number of benzene rings is 1. The number of hydrogen-bond donors (Lipinski definition) is 3. The van der Waals surface area contributed by atoms with Gasteiger partial charge in [0, 0.05) is 17.3 Å². The number of imidazole rings is 1. The first kappa shape index (κ1) is 17.9. The third kappa shape index (κ3) is 2.87. The summed E-state index contributed by atoms with van der Waals surface area (Å²) in [7, 11) is 0. The zero-order valence-corrected chi connectivity index (χ0v) is 16.7. The Morgan fingerprint density at radius 2 is 1.89 bits per heavy atom. The topological polar surface area (TPSA) is 78.0 Å². The van der Waals surface area contributed by atoms with Crippen LogP contribution in [0.25, 0.3) is 11.4 Å². The molecule has 1 aromatic heterocycles. The lowest BCUT2D eigenvalue weighted by molar-refractivity contribution is -0.171. The number of aryl methyl sites for hydroxylation is 1. The highest BCUT2D eigenvalue weighted by atomic mass is 16.3. The van der Waals surface area contributed by atoms with Crippen LogP contribution in [0.1, 0.15) is 61.6 Å². The van der Waals surface area contributed by atoms with E-state index in [0.29, 0.717) is 17.5 Å². The Hall–Kier alpha value is -2.14. The van der Waals surface area contributed by atoms with Crippen molar-refractivity contribution in [2.45, 2.75) is 64.0 Å². The first-order valence-corrected chi connectivity index (χ1v) is 10.5. The van der Waals surface area contributed by atoms with Gasteiger partial charge in [-0.25, -0.2) is 4.98 Å². The van der Waals surface area contributed by atoms with E-state index in [0.717, 1.165) is 49.2 Å². The minimum absolute atomic E-state index is 0.0287. The van der Waals surface area contributed by atoms with Gasteiger partial charge in [0.1, 0.15) is 11.5 Å². The van der Waals surface area contributed by atoms with Gasteiger partial charge in [-0.3, -0.25) is 4.79 Å². The molecular formula is C23H29N3O2. The maximum absolute atomic E-state index is 13.0. The van der Waals surface area contributed by atoms with Crippen molar-refractivity contribution in [1.29, 1.82) is 0 Å². The summed E-state index contributed by atoms with van der Waals surface area (Å²) in [5, 5.41) is 14.3. The maximum Gasteiger partial charge on any atom is 0.271 e. The molecule has 2 aromatic rings. The molecular weight excluding hydrogens is 350 g/mol. The van der Waals surface area contributed by atoms with Gasteiger partial charge >= 0.3 is 0 Å². The Morgan fingerprint density at radius 1 is 1.21 bits per heavy atom. The Balaban J connectivity index is 1.36. The van der Waals surface area contributed by atoms with Crippen molar-refractivity contribution in [1.82, 2.24) is 15.3 Å². The number of aromatic amines is 1. The van der Waals surface area contributed by atoms with Crippen molar-refractivity contribution in [2.24, 2.45) is 17.3 Å². The van der Waals surface area contributed by atoms with E-state index in [2.05, 4.69) is 22.2 Å². The van der Waals surface area contributed by atoms with Gasteiger partial charge in [0.05, 0.1) is 5.60 Å². The number of aromatic nitrogens is 2. The van der Waals surface area contributed by atoms with E-state index < -0.39 is 5.60 Å². The molecule has 0 unspecified atom stereocenters. The van der Waals surface area contributed by atoms with E-state index in [1.165, 1.54) is 6.42 Å². The minimum atomic E-state index is -0.508. The Bertz CT molecular complexity index is 890. The molecule has 6 rings (SSSR count). The average molecular weight is 380 g/mol. The standard InChI is InChI=1S/C23H29N3O2/c1-14-19(26-20(24-14)18-6-4-3-5-7-18)21(27)25-15(2)22-9-16-8-17(10-22)12-23(28,11-16)13-22/h3-7,15-17,28H,8-13H2,1-2H3,(H,24,26)(H,25,27)/t15-,16+,17+,22?,23?/m0/s1. The molecule has 1 amide bonds. The van der Waals surface area contributed by atoms with E-state index >= 15 is 0 Å². The molecule has 4 aliphatic rings. The molecule has 3 N–H and O–H groups in total. The van der Waals surface area contributed by atoms with Gasteiger partial charge in [-0.15, -0.1) is 0 Å². The summed E-state index contributed by atoms with van der Waals surface area (Å²) in [6.45, 7) is 4.01. The smallest absolute Gasteiger partial charge is 0.271 e. The fourth-order valence-electron chi connectivity index (χ4n) is 6.62. The molecule has 28 heavy (non-hydrogen) atoms. The van der Waals surface area contributed by atoms with Crippen LogP contribution in [0.3, 0.4) is 0 Å². The summed E-state index contributed by atoms with van der Waals surface area (Å²) in [6.07, 6.45) is 6.23. The lowest BCUT2D eigenvalue weighted by Gasteiger charge is -2.62. The number of amides is 1. The molecule has 5 nitrogen and oxygen atoms in total. The number of hydrogen-bond acceptors (Lipinski definition) is 3. The Morgan fingerprint density at radius 3 is 2.54 bits per heavy atom. The van der Waals surface area contributed by atoms with Gasteiger partial charge < -0.3 is 15.4 Å². The zero-order valence-electron chi connectivity index (χ0n) is 16.7. The number of aliphatic hydroxyl groups is 1. The van der Waals surface area contributed by atoms with E-state index in [1.807, 2.05) is 37.3 Å². The largest absolute Gasteiger partial charge is 0.390 e. The van der Waals surface area contributed by atoms with Crippen molar-refractivity contribution < 1.29 is 9.90 Å². The van der Waals surface area contributed by atoms with Crippen LogP contribution in [0.4, 0.5) is 0 Å². The van der Waals surface area contributed by atoms with Crippen molar-refractivity contribution in [3.63, 3.8) is 0 Å². The first-order chi connectivity index (χ1) is 13.4. The third-order valence-corrected chi connectivity index (χ3v) is 7.49. The lowest BCUT2D eigenvalue weighted by Crippen LogP contribution is -2.61.